The molecular formula is C9H14N4O5. The Morgan fingerprint density at radius 2 is 2.33 bits per heavy atom. The molecule has 100 valence electrons. The van der Waals surface area contributed by atoms with Crippen LogP contribution in [0.1, 0.15) is 16.8 Å². The van der Waals surface area contributed by atoms with E-state index in [1.807, 2.05) is 0 Å². The summed E-state index contributed by atoms with van der Waals surface area (Å²) < 4.78 is 11.4. The summed E-state index contributed by atoms with van der Waals surface area (Å²) in [4.78, 5) is 14.5. The summed E-state index contributed by atoms with van der Waals surface area (Å²) in [5.41, 5.74) is 5.01. The van der Waals surface area contributed by atoms with Crippen LogP contribution in [-0.4, -0.2) is 62.9 Å². The maximum atomic E-state index is 10.9. The fourth-order valence-corrected chi connectivity index (χ4v) is 1.76. The van der Waals surface area contributed by atoms with Gasteiger partial charge in [-0.15, -0.1) is 5.10 Å². The first-order valence-corrected chi connectivity index (χ1v) is 5.26. The van der Waals surface area contributed by atoms with Gasteiger partial charge in [0.2, 0.25) is 5.82 Å². The number of nitrogens with two attached hydrogens (primary N) is 1. The summed E-state index contributed by atoms with van der Waals surface area (Å²) in [5, 5.41) is 23.3. The zero-order valence-corrected chi connectivity index (χ0v) is 9.63. The fraction of sp³-hybridized carbons (Fsp3) is 0.667. The van der Waals surface area contributed by atoms with Gasteiger partial charge in [-0.1, -0.05) is 0 Å². The number of hydrogen-bond acceptors (Lipinski definition) is 7. The second-order valence-electron chi connectivity index (χ2n) is 3.91. The second kappa shape index (κ2) is 4.98. The van der Waals surface area contributed by atoms with E-state index in [0.29, 0.717) is 0 Å². The molecule has 0 aromatic carbocycles. The number of carbonyl (C=O) groups is 1. The lowest BCUT2D eigenvalue weighted by atomic mass is 10.1. The average Bonchev–Trinajstić information content (AvgIpc) is 2.90. The van der Waals surface area contributed by atoms with E-state index < -0.39 is 30.4 Å². The van der Waals surface area contributed by atoms with Crippen LogP contribution in [0, 0.1) is 0 Å². The molecule has 2 unspecified atom stereocenters. The van der Waals surface area contributed by atoms with Crippen molar-refractivity contribution in [1.82, 2.24) is 14.8 Å². The number of aliphatic hydroxyl groups excluding tert-OH is 2. The smallest absolute Gasteiger partial charge is 0.288 e. The predicted octanol–water partition coefficient (Wildman–Crippen LogP) is -2.36. The van der Waals surface area contributed by atoms with Gasteiger partial charge >= 0.3 is 0 Å². The van der Waals surface area contributed by atoms with Gasteiger partial charge in [0, 0.05) is 7.11 Å². The predicted molar refractivity (Wildman–Crippen MR) is 56.3 cm³/mol. The summed E-state index contributed by atoms with van der Waals surface area (Å²) in [7, 11) is 1.45. The highest BCUT2D eigenvalue weighted by Gasteiger charge is 2.44. The van der Waals surface area contributed by atoms with E-state index in [-0.39, 0.29) is 12.4 Å². The Kier molecular flexibility index (Phi) is 3.57. The number of ether oxygens (including phenoxy) is 2. The number of aromatic nitrogens is 3. The van der Waals surface area contributed by atoms with Gasteiger partial charge in [-0.05, 0) is 0 Å². The highest BCUT2D eigenvalue weighted by atomic mass is 16.6. The first-order valence-electron chi connectivity index (χ1n) is 5.26. The van der Waals surface area contributed by atoms with Crippen molar-refractivity contribution in [2.75, 3.05) is 13.7 Å². The minimum atomic E-state index is -1.19. The molecular weight excluding hydrogens is 244 g/mol. The summed E-state index contributed by atoms with van der Waals surface area (Å²) >= 11 is 0. The molecule has 1 aliphatic heterocycles. The van der Waals surface area contributed by atoms with Crippen LogP contribution in [-0.2, 0) is 9.47 Å². The molecule has 1 saturated heterocycles. The van der Waals surface area contributed by atoms with Crippen LogP contribution in [0.15, 0.2) is 6.33 Å². The molecule has 9 nitrogen and oxygen atoms in total. The zero-order chi connectivity index (χ0) is 13.3. The molecule has 0 spiro atoms. The zero-order valence-electron chi connectivity index (χ0n) is 9.63. The van der Waals surface area contributed by atoms with Crippen molar-refractivity contribution >= 4 is 5.91 Å². The van der Waals surface area contributed by atoms with Crippen molar-refractivity contribution in [3.05, 3.63) is 12.2 Å². The van der Waals surface area contributed by atoms with Gasteiger partial charge in [-0.3, -0.25) is 4.79 Å². The van der Waals surface area contributed by atoms with Crippen molar-refractivity contribution in [1.29, 1.82) is 0 Å². The molecule has 1 fully saturated rings. The minimum absolute atomic E-state index is 0.131. The van der Waals surface area contributed by atoms with Gasteiger partial charge in [0.25, 0.3) is 5.91 Å². The standard InChI is InChI=1S/C9H14N4O5/c1-17-2-4-5(14)6(15)9(18-4)13-3-11-8(12-13)7(10)16/h3-6,9,14-15H,2H2,1H3,(H2,10,16)/t4-,5?,6?,9-/m1/s1. The van der Waals surface area contributed by atoms with Crippen LogP contribution < -0.4 is 5.73 Å². The number of amides is 1. The largest absolute Gasteiger partial charge is 0.387 e. The monoisotopic (exact) mass is 258 g/mol. The number of carbonyl (C=O) groups excluding carboxylic acids is 1. The van der Waals surface area contributed by atoms with Crippen LogP contribution in [0.4, 0.5) is 0 Å². The number of nitrogens with zero attached hydrogens (tertiary/aromatic N) is 3. The first kappa shape index (κ1) is 12.9. The van der Waals surface area contributed by atoms with E-state index in [4.69, 9.17) is 15.2 Å². The van der Waals surface area contributed by atoms with Crippen LogP contribution >= 0.6 is 0 Å². The van der Waals surface area contributed by atoms with E-state index in [1.54, 1.807) is 0 Å². The molecule has 0 radical (unpaired) electrons. The Morgan fingerprint density at radius 1 is 1.61 bits per heavy atom. The highest BCUT2D eigenvalue weighted by molar-refractivity contribution is 5.88. The average molecular weight is 258 g/mol. The molecule has 4 N–H and O–H groups in total. The SMILES string of the molecule is COC[C@H]1O[C@@H](n2cnc(C(N)=O)n2)C(O)C1O. The van der Waals surface area contributed by atoms with Gasteiger partial charge in [-0.2, -0.15) is 0 Å². The summed E-state index contributed by atoms with van der Waals surface area (Å²) in [6.45, 7) is 0.131. The third kappa shape index (κ3) is 2.20. The molecule has 2 heterocycles. The lowest BCUT2D eigenvalue weighted by molar-refractivity contribution is -0.0648. The third-order valence-corrected chi connectivity index (χ3v) is 2.66. The normalized spacial score (nSPS) is 31.7. The number of methoxy groups -OCH3 is 1. The molecule has 4 atom stereocenters. The first-order chi connectivity index (χ1) is 8.54. The Hall–Kier alpha value is -1.55. The highest BCUT2D eigenvalue weighted by Crippen LogP contribution is 2.28. The summed E-state index contributed by atoms with van der Waals surface area (Å²) in [6, 6.07) is 0. The molecule has 1 aromatic heterocycles. The third-order valence-electron chi connectivity index (χ3n) is 2.66. The molecule has 0 saturated carbocycles. The molecule has 0 aliphatic carbocycles. The van der Waals surface area contributed by atoms with Crippen LogP contribution in [0.3, 0.4) is 0 Å². The van der Waals surface area contributed by atoms with Crippen molar-refractivity contribution in [3.63, 3.8) is 0 Å². The van der Waals surface area contributed by atoms with Crippen molar-refractivity contribution in [3.8, 4) is 0 Å². The lowest BCUT2D eigenvalue weighted by Crippen LogP contribution is -2.33. The van der Waals surface area contributed by atoms with Gasteiger partial charge < -0.3 is 25.4 Å². The van der Waals surface area contributed by atoms with E-state index in [1.165, 1.54) is 13.4 Å². The lowest BCUT2D eigenvalue weighted by Gasteiger charge is -2.13. The van der Waals surface area contributed by atoms with Crippen molar-refractivity contribution in [2.45, 2.75) is 24.5 Å². The van der Waals surface area contributed by atoms with E-state index in [9.17, 15) is 15.0 Å². The number of primary amides is 1. The fourth-order valence-electron chi connectivity index (χ4n) is 1.76. The topological polar surface area (TPSA) is 133 Å². The van der Waals surface area contributed by atoms with E-state index in [2.05, 4.69) is 10.1 Å². The maximum absolute atomic E-state index is 10.9. The summed E-state index contributed by atoms with van der Waals surface area (Å²) in [5.74, 6) is -0.967. The molecule has 1 aliphatic rings. The molecule has 9 heteroatoms. The molecule has 1 amide bonds. The molecule has 0 bridgehead atoms. The van der Waals surface area contributed by atoms with Crippen molar-refractivity contribution in [2.24, 2.45) is 5.73 Å². The van der Waals surface area contributed by atoms with Crippen LogP contribution in [0.25, 0.3) is 0 Å². The number of aliphatic hydroxyl groups is 2. The summed E-state index contributed by atoms with van der Waals surface area (Å²) in [6.07, 6.45) is -2.68. The Balaban J connectivity index is 2.15. The van der Waals surface area contributed by atoms with Gasteiger partial charge in [0.15, 0.2) is 6.23 Å². The van der Waals surface area contributed by atoms with E-state index in [0.717, 1.165) is 4.68 Å². The Bertz CT molecular complexity index is 436. The number of rotatable bonds is 4. The van der Waals surface area contributed by atoms with Crippen molar-refractivity contribution < 1.29 is 24.5 Å². The molecule has 18 heavy (non-hydrogen) atoms. The maximum Gasteiger partial charge on any atom is 0.288 e. The quantitative estimate of drug-likeness (QED) is 0.550. The molecule has 2 rings (SSSR count). The Labute approximate surface area is 102 Å². The van der Waals surface area contributed by atoms with Crippen LogP contribution in [0.5, 0.6) is 0 Å². The Morgan fingerprint density at radius 3 is 2.89 bits per heavy atom. The minimum Gasteiger partial charge on any atom is -0.387 e. The van der Waals surface area contributed by atoms with Gasteiger partial charge in [-0.25, -0.2) is 9.67 Å². The van der Waals surface area contributed by atoms with Gasteiger partial charge in [0.1, 0.15) is 24.6 Å². The van der Waals surface area contributed by atoms with Gasteiger partial charge in [0.05, 0.1) is 6.61 Å². The number of hydrogen-bond donors (Lipinski definition) is 3. The van der Waals surface area contributed by atoms with Crippen LogP contribution in [0.2, 0.25) is 0 Å². The van der Waals surface area contributed by atoms with E-state index >= 15 is 0 Å². The molecule has 1 aromatic rings. The second-order valence-corrected chi connectivity index (χ2v) is 3.91.